The second kappa shape index (κ2) is 4.95. The predicted molar refractivity (Wildman–Crippen MR) is 62.9 cm³/mol. The van der Waals surface area contributed by atoms with E-state index in [1.165, 1.54) is 19.2 Å². The number of hydrogen-bond acceptors (Lipinski definition) is 4. The molecule has 0 atom stereocenters. The first-order chi connectivity index (χ1) is 9.38. The van der Waals surface area contributed by atoms with Gasteiger partial charge in [0, 0.05) is 0 Å². The van der Waals surface area contributed by atoms with Crippen LogP contribution in [0.3, 0.4) is 0 Å². The van der Waals surface area contributed by atoms with Crippen molar-refractivity contribution in [2.45, 2.75) is 6.18 Å². The van der Waals surface area contributed by atoms with Crippen LogP contribution in [0.15, 0.2) is 18.2 Å². The molecule has 0 saturated carbocycles. The number of methoxy groups -OCH3 is 2. The van der Waals surface area contributed by atoms with Gasteiger partial charge < -0.3 is 19.2 Å². The van der Waals surface area contributed by atoms with Crippen molar-refractivity contribution in [1.82, 2.24) is 4.98 Å². The zero-order valence-corrected chi connectivity index (χ0v) is 10.5. The monoisotopic (exact) mass is 289 g/mol. The van der Waals surface area contributed by atoms with Crippen LogP contribution in [0.5, 0.6) is 11.6 Å². The number of hydrogen-bond donors (Lipinski definition) is 1. The Morgan fingerprint density at radius 1 is 1.25 bits per heavy atom. The number of carbonyl (C=O) groups is 1. The molecule has 0 radical (unpaired) electrons. The van der Waals surface area contributed by atoms with Crippen molar-refractivity contribution in [2.24, 2.45) is 0 Å². The van der Waals surface area contributed by atoms with Crippen LogP contribution >= 0.6 is 0 Å². The maximum Gasteiger partial charge on any atom is 0.514 e. The van der Waals surface area contributed by atoms with Crippen molar-refractivity contribution < 1.29 is 32.2 Å². The highest BCUT2D eigenvalue weighted by Crippen LogP contribution is 2.43. The summed E-state index contributed by atoms with van der Waals surface area (Å²) in [5.74, 6) is -0.454. The first kappa shape index (κ1) is 14.0. The van der Waals surface area contributed by atoms with E-state index in [-0.39, 0.29) is 22.5 Å². The van der Waals surface area contributed by atoms with Crippen LogP contribution in [0.25, 0.3) is 10.9 Å². The molecule has 1 aromatic heterocycles. The molecule has 0 saturated heterocycles. The van der Waals surface area contributed by atoms with E-state index < -0.39 is 17.9 Å². The van der Waals surface area contributed by atoms with Crippen LogP contribution in [-0.2, 0) is 10.9 Å². The van der Waals surface area contributed by atoms with Gasteiger partial charge in [0.1, 0.15) is 0 Å². The van der Waals surface area contributed by atoms with E-state index in [2.05, 4.69) is 9.72 Å². The lowest BCUT2D eigenvalue weighted by Crippen LogP contribution is -2.08. The molecule has 1 N–H and O–H groups in total. The number of carbonyl (C=O) groups excluding carboxylic acids is 1. The van der Waals surface area contributed by atoms with Crippen LogP contribution in [0.2, 0.25) is 0 Å². The number of H-pyrrole nitrogens is 1. The van der Waals surface area contributed by atoms with Crippen molar-refractivity contribution in [3.05, 3.63) is 23.8 Å². The Morgan fingerprint density at radius 3 is 2.50 bits per heavy atom. The first-order valence-electron chi connectivity index (χ1n) is 5.40. The summed E-state index contributed by atoms with van der Waals surface area (Å²) >= 11 is 0. The molecule has 0 unspecified atom stereocenters. The van der Waals surface area contributed by atoms with Crippen LogP contribution in [0.4, 0.5) is 18.0 Å². The van der Waals surface area contributed by atoms with Gasteiger partial charge in [-0.1, -0.05) is 6.07 Å². The number of alkyl halides is 3. The summed E-state index contributed by atoms with van der Waals surface area (Å²) in [6.07, 6.45) is -5.62. The van der Waals surface area contributed by atoms with Gasteiger partial charge in [-0.25, -0.2) is 4.79 Å². The molecule has 0 aliphatic carbocycles. The zero-order chi connectivity index (χ0) is 14.9. The van der Waals surface area contributed by atoms with E-state index in [9.17, 15) is 18.0 Å². The molecule has 2 aromatic rings. The molecule has 0 amide bonds. The third-order valence-electron chi connectivity index (χ3n) is 2.61. The molecule has 5 nitrogen and oxygen atoms in total. The minimum Gasteiger partial charge on any atom is -0.491 e. The molecule has 0 bridgehead atoms. The quantitative estimate of drug-likeness (QED) is 0.861. The second-order valence-corrected chi connectivity index (χ2v) is 3.77. The maximum atomic E-state index is 13.0. The molecule has 8 heteroatoms. The lowest BCUT2D eigenvalue weighted by atomic mass is 10.1. The van der Waals surface area contributed by atoms with E-state index in [0.717, 1.165) is 13.2 Å². The van der Waals surface area contributed by atoms with Crippen LogP contribution in [0, 0.1) is 0 Å². The Balaban J connectivity index is 2.66. The molecular formula is C12H10F3NO4. The van der Waals surface area contributed by atoms with Crippen LogP contribution in [-0.4, -0.2) is 25.4 Å². The molecule has 2 rings (SSSR count). The molecule has 0 aliphatic rings. The maximum absolute atomic E-state index is 13.0. The van der Waals surface area contributed by atoms with Gasteiger partial charge in [-0.15, -0.1) is 0 Å². The fourth-order valence-electron chi connectivity index (χ4n) is 1.82. The van der Waals surface area contributed by atoms with Gasteiger partial charge in [-0.3, -0.25) is 0 Å². The molecular weight excluding hydrogens is 279 g/mol. The normalized spacial score (nSPS) is 11.4. The number of aromatic amines is 1. The van der Waals surface area contributed by atoms with Crippen LogP contribution < -0.4 is 9.47 Å². The molecule has 1 aromatic carbocycles. The number of ether oxygens (including phenoxy) is 3. The van der Waals surface area contributed by atoms with E-state index in [1.54, 1.807) is 0 Å². The van der Waals surface area contributed by atoms with Gasteiger partial charge in [0.25, 0.3) is 0 Å². The summed E-state index contributed by atoms with van der Waals surface area (Å²) in [6, 6.07) is 3.57. The molecule has 0 spiro atoms. The average molecular weight is 289 g/mol. The number of nitrogens with one attached hydrogen (secondary N) is 1. The summed E-state index contributed by atoms with van der Waals surface area (Å²) in [5.41, 5.74) is -0.751. The standard InChI is InChI=1S/C12H10F3NO4/c1-18-9-8-6(12(13,14)15)4-3-5-7(8)16-10(9)20-11(17)19-2/h3-5,16H,1-2H3. The van der Waals surface area contributed by atoms with Crippen molar-refractivity contribution in [3.63, 3.8) is 0 Å². The Hall–Kier alpha value is -2.38. The molecule has 108 valence electrons. The number of rotatable bonds is 2. The van der Waals surface area contributed by atoms with Crippen molar-refractivity contribution in [3.8, 4) is 11.6 Å². The van der Waals surface area contributed by atoms with Gasteiger partial charge in [0.05, 0.1) is 30.7 Å². The van der Waals surface area contributed by atoms with Crippen molar-refractivity contribution in [2.75, 3.05) is 14.2 Å². The highest BCUT2D eigenvalue weighted by Gasteiger charge is 2.35. The van der Waals surface area contributed by atoms with Crippen molar-refractivity contribution >= 4 is 17.1 Å². The zero-order valence-electron chi connectivity index (χ0n) is 10.5. The molecule has 0 aliphatic heterocycles. The van der Waals surface area contributed by atoms with Gasteiger partial charge in [-0.2, -0.15) is 13.2 Å². The second-order valence-electron chi connectivity index (χ2n) is 3.77. The van der Waals surface area contributed by atoms with Gasteiger partial charge in [0.2, 0.25) is 5.88 Å². The largest absolute Gasteiger partial charge is 0.514 e. The highest BCUT2D eigenvalue weighted by atomic mass is 19.4. The predicted octanol–water partition coefficient (Wildman–Crippen LogP) is 3.34. The lowest BCUT2D eigenvalue weighted by molar-refractivity contribution is -0.136. The SMILES string of the molecule is COC(=O)Oc1[nH]c2cccc(C(F)(F)F)c2c1OC. The molecule has 20 heavy (non-hydrogen) atoms. The topological polar surface area (TPSA) is 60.5 Å². The summed E-state index contributed by atoms with van der Waals surface area (Å²) in [7, 11) is 2.26. The van der Waals surface area contributed by atoms with E-state index >= 15 is 0 Å². The van der Waals surface area contributed by atoms with Gasteiger partial charge in [-0.05, 0) is 12.1 Å². The van der Waals surface area contributed by atoms with E-state index in [4.69, 9.17) is 9.47 Å². The minimum atomic E-state index is -4.56. The third kappa shape index (κ3) is 2.36. The summed E-state index contributed by atoms with van der Waals surface area (Å²) in [4.78, 5) is 13.6. The van der Waals surface area contributed by atoms with E-state index in [0.29, 0.717) is 0 Å². The van der Waals surface area contributed by atoms with Crippen LogP contribution in [0.1, 0.15) is 5.56 Å². The number of fused-ring (bicyclic) bond motifs is 1. The Morgan fingerprint density at radius 2 is 1.95 bits per heavy atom. The molecule has 1 heterocycles. The lowest BCUT2D eigenvalue weighted by Gasteiger charge is -2.09. The number of halogens is 3. The summed E-state index contributed by atoms with van der Waals surface area (Å²) in [5, 5.41) is -0.207. The van der Waals surface area contributed by atoms with Gasteiger partial charge >= 0.3 is 12.3 Å². The van der Waals surface area contributed by atoms with Crippen molar-refractivity contribution in [1.29, 1.82) is 0 Å². The highest BCUT2D eigenvalue weighted by molar-refractivity contribution is 5.93. The van der Waals surface area contributed by atoms with Gasteiger partial charge in [0.15, 0.2) is 5.75 Å². The fourth-order valence-corrected chi connectivity index (χ4v) is 1.82. The smallest absolute Gasteiger partial charge is 0.491 e. The Bertz CT molecular complexity index is 648. The number of benzene rings is 1. The fraction of sp³-hybridized carbons (Fsp3) is 0.250. The Kier molecular flexibility index (Phi) is 3.47. The minimum absolute atomic E-state index is 0.135. The number of aromatic nitrogens is 1. The summed E-state index contributed by atoms with van der Waals surface area (Å²) < 4.78 is 52.8. The first-order valence-corrected chi connectivity index (χ1v) is 5.40. The van der Waals surface area contributed by atoms with E-state index in [1.807, 2.05) is 0 Å². The summed E-state index contributed by atoms with van der Waals surface area (Å²) in [6.45, 7) is 0. The Labute approximate surface area is 111 Å². The molecule has 0 fully saturated rings. The third-order valence-corrected chi connectivity index (χ3v) is 2.61. The average Bonchev–Trinajstić information content (AvgIpc) is 2.73.